The van der Waals surface area contributed by atoms with E-state index in [1.807, 2.05) is 12.1 Å². The molecule has 3 aliphatic carbocycles. The van der Waals surface area contributed by atoms with Crippen LogP contribution in [0.3, 0.4) is 0 Å². The molecule has 3 aromatic carbocycles. The molecule has 4 atom stereocenters. The van der Waals surface area contributed by atoms with Crippen LogP contribution < -0.4 is 9.47 Å². The highest BCUT2D eigenvalue weighted by molar-refractivity contribution is 7.97. The van der Waals surface area contributed by atoms with Gasteiger partial charge in [0.15, 0.2) is 17.2 Å². The fraction of sp³-hybridized carbons (Fsp3) is 0.387. The van der Waals surface area contributed by atoms with Crippen LogP contribution in [0.5, 0.6) is 17.2 Å². The lowest BCUT2D eigenvalue weighted by molar-refractivity contribution is -0.129. The molecule has 3 aromatic rings. The van der Waals surface area contributed by atoms with E-state index < -0.39 is 0 Å². The molecule has 4 aliphatic rings. The summed E-state index contributed by atoms with van der Waals surface area (Å²) < 4.78 is 12.4. The molecule has 35 heavy (non-hydrogen) atoms. The first-order valence-electron chi connectivity index (χ1n) is 12.9. The first-order chi connectivity index (χ1) is 17.1. The number of ketones is 1. The van der Waals surface area contributed by atoms with Crippen molar-refractivity contribution in [2.75, 3.05) is 7.11 Å². The van der Waals surface area contributed by atoms with E-state index in [2.05, 4.69) is 55.5 Å². The van der Waals surface area contributed by atoms with Crippen molar-refractivity contribution in [3.63, 3.8) is 0 Å². The molecule has 4 heteroatoms. The first-order valence-corrected chi connectivity index (χ1v) is 14.2. The third-order valence-electron chi connectivity index (χ3n) is 9.30. The third kappa shape index (κ3) is 3.08. The van der Waals surface area contributed by atoms with E-state index >= 15 is 0 Å². The predicted molar refractivity (Wildman–Crippen MR) is 138 cm³/mol. The Labute approximate surface area is 210 Å². The van der Waals surface area contributed by atoms with Gasteiger partial charge in [-0.15, -0.1) is 0 Å². The summed E-state index contributed by atoms with van der Waals surface area (Å²) in [6.45, 7) is 2.26. The molecule has 3 nitrogen and oxygen atoms in total. The maximum absolute atomic E-state index is 12.8. The molecule has 7 rings (SSSR count). The fourth-order valence-electron chi connectivity index (χ4n) is 7.55. The van der Waals surface area contributed by atoms with Crippen molar-refractivity contribution in [1.82, 2.24) is 0 Å². The average Bonchev–Trinajstić information content (AvgIpc) is 3.20. The molecule has 178 valence electrons. The van der Waals surface area contributed by atoms with Gasteiger partial charge in [-0.25, -0.2) is 0 Å². The molecular weight excluding hydrogens is 452 g/mol. The number of benzene rings is 3. The second-order valence-corrected chi connectivity index (χ2v) is 12.8. The van der Waals surface area contributed by atoms with Gasteiger partial charge >= 0.3 is 0 Å². The number of para-hydroxylation sites is 2. The number of methoxy groups -OCH3 is 1. The fourth-order valence-corrected chi connectivity index (χ4v) is 9.90. The van der Waals surface area contributed by atoms with Crippen LogP contribution in [0.2, 0.25) is 0 Å². The summed E-state index contributed by atoms with van der Waals surface area (Å²) in [5.41, 5.74) is 2.86. The molecule has 0 radical (unpaired) electrons. The molecule has 1 aliphatic heterocycles. The number of ether oxygens (including phenoxy) is 2. The van der Waals surface area contributed by atoms with Crippen LogP contribution in [0, 0.1) is 17.3 Å². The summed E-state index contributed by atoms with van der Waals surface area (Å²) in [7, 11) is 1.50. The van der Waals surface area contributed by atoms with Gasteiger partial charge in [0.05, 0.1) is 7.11 Å². The number of carbonyl (C=O) groups excluding carboxylic acids is 1. The highest BCUT2D eigenvalue weighted by Gasteiger charge is 2.55. The Morgan fingerprint density at radius 1 is 0.914 bits per heavy atom. The first kappa shape index (κ1) is 21.6. The number of fused-ring (bicyclic) bond motifs is 7. The SMILES string of the molecule is COc1cc2c(cc1[S+]1c3ccccc3Oc3ccccc31)[C@H]1CC[C@]3(C)C(=O)CC[C@H]3[C@@H]1CC2. The van der Waals surface area contributed by atoms with Crippen molar-refractivity contribution in [2.45, 2.75) is 66.1 Å². The van der Waals surface area contributed by atoms with Gasteiger partial charge in [-0.2, -0.15) is 0 Å². The predicted octanol–water partition coefficient (Wildman–Crippen LogP) is 7.32. The maximum Gasteiger partial charge on any atom is 0.209 e. The third-order valence-corrected chi connectivity index (χ3v) is 11.6. The van der Waals surface area contributed by atoms with Crippen LogP contribution in [0.1, 0.15) is 56.1 Å². The molecule has 0 spiro atoms. The number of hydrogen-bond donors (Lipinski definition) is 0. The number of hydrogen-bond acceptors (Lipinski definition) is 3. The van der Waals surface area contributed by atoms with E-state index in [0.717, 1.165) is 49.4 Å². The largest absolute Gasteiger partial charge is 0.491 e. The molecule has 0 bridgehead atoms. The van der Waals surface area contributed by atoms with E-state index in [0.29, 0.717) is 23.5 Å². The van der Waals surface area contributed by atoms with Crippen molar-refractivity contribution in [3.05, 3.63) is 71.8 Å². The van der Waals surface area contributed by atoms with Gasteiger partial charge in [0.1, 0.15) is 16.7 Å². The minimum atomic E-state index is -0.303. The summed E-state index contributed by atoms with van der Waals surface area (Å²) in [5, 5.41) is 0. The average molecular weight is 484 g/mol. The van der Waals surface area contributed by atoms with Gasteiger partial charge < -0.3 is 9.47 Å². The van der Waals surface area contributed by atoms with Crippen molar-refractivity contribution >= 4 is 16.7 Å². The van der Waals surface area contributed by atoms with Gasteiger partial charge in [0, 0.05) is 17.9 Å². The summed E-state index contributed by atoms with van der Waals surface area (Å²) in [6.07, 6.45) is 6.28. The van der Waals surface area contributed by atoms with E-state index in [-0.39, 0.29) is 16.3 Å². The Morgan fingerprint density at radius 3 is 2.34 bits per heavy atom. The van der Waals surface area contributed by atoms with Crippen molar-refractivity contribution in [1.29, 1.82) is 0 Å². The van der Waals surface area contributed by atoms with Crippen LogP contribution in [0.4, 0.5) is 0 Å². The quantitative estimate of drug-likeness (QED) is 0.280. The van der Waals surface area contributed by atoms with Crippen molar-refractivity contribution < 1.29 is 14.3 Å². The van der Waals surface area contributed by atoms with E-state index in [4.69, 9.17) is 9.47 Å². The summed E-state index contributed by atoms with van der Waals surface area (Å²) >= 11 is 0. The summed E-state index contributed by atoms with van der Waals surface area (Å²) in [4.78, 5) is 16.5. The highest BCUT2D eigenvalue weighted by Crippen LogP contribution is 2.60. The Balaban J connectivity index is 1.38. The monoisotopic (exact) mass is 483 g/mol. The Kier molecular flexibility index (Phi) is 4.86. The molecule has 0 amide bonds. The highest BCUT2D eigenvalue weighted by atomic mass is 32.2. The zero-order valence-corrected chi connectivity index (χ0v) is 21.2. The lowest BCUT2D eigenvalue weighted by Crippen LogP contribution is -2.42. The molecule has 2 saturated carbocycles. The van der Waals surface area contributed by atoms with Gasteiger partial charge in [-0.3, -0.25) is 4.79 Å². The van der Waals surface area contributed by atoms with Crippen molar-refractivity contribution in [3.8, 4) is 17.2 Å². The second-order valence-electron chi connectivity index (χ2n) is 10.8. The Morgan fingerprint density at radius 2 is 1.63 bits per heavy atom. The van der Waals surface area contributed by atoms with Gasteiger partial charge in [0.25, 0.3) is 0 Å². The van der Waals surface area contributed by atoms with Crippen molar-refractivity contribution in [2.24, 2.45) is 17.3 Å². The number of carbonyl (C=O) groups is 1. The Hall–Kier alpha value is -2.72. The lowest BCUT2D eigenvalue weighted by atomic mass is 9.55. The van der Waals surface area contributed by atoms with Crippen LogP contribution in [-0.2, 0) is 22.1 Å². The minimum Gasteiger partial charge on any atom is -0.491 e. The summed E-state index contributed by atoms with van der Waals surface area (Å²) in [6, 6.07) is 21.7. The number of rotatable bonds is 2. The molecule has 0 saturated heterocycles. The number of Topliss-reactive ketones (excluding diaryl/α,β-unsaturated/α-hetero) is 1. The van der Waals surface area contributed by atoms with Gasteiger partial charge in [-0.1, -0.05) is 31.2 Å². The van der Waals surface area contributed by atoms with Crippen LogP contribution >= 0.6 is 0 Å². The van der Waals surface area contributed by atoms with E-state index in [1.54, 1.807) is 7.11 Å². The minimum absolute atomic E-state index is 0.0890. The standard InChI is InChI=1S/C31H31O3S/c1-31-16-15-20-21(23(31)13-14-30(31)32)12-11-19-17-26(33-2)29(18-22(19)20)35-27-9-5-3-7-24(27)34-25-8-4-6-10-28(25)35/h3-10,17-18,20-21,23H,11-16H2,1-2H3/q+1/t20-,21+,23-,31-/m0/s1. The smallest absolute Gasteiger partial charge is 0.209 e. The molecule has 0 aromatic heterocycles. The van der Waals surface area contributed by atoms with Crippen LogP contribution in [0.25, 0.3) is 0 Å². The maximum atomic E-state index is 12.8. The number of aryl methyl sites for hydroxylation is 1. The molecule has 0 unspecified atom stereocenters. The molecular formula is C31H31O3S+. The summed E-state index contributed by atoms with van der Waals surface area (Å²) in [5.74, 6) is 5.07. The van der Waals surface area contributed by atoms with E-state index in [9.17, 15) is 4.79 Å². The van der Waals surface area contributed by atoms with Gasteiger partial charge in [-0.05, 0) is 91.3 Å². The lowest BCUT2D eigenvalue weighted by Gasteiger charge is -2.48. The Bertz CT molecular complexity index is 1300. The molecule has 0 N–H and O–H groups in total. The zero-order valence-electron chi connectivity index (χ0n) is 20.4. The second kappa shape index (κ2) is 7.89. The molecule has 1 heterocycles. The molecule has 2 fully saturated rings. The zero-order chi connectivity index (χ0) is 23.7. The topological polar surface area (TPSA) is 35.5 Å². The van der Waals surface area contributed by atoms with Crippen LogP contribution in [-0.4, -0.2) is 12.9 Å². The van der Waals surface area contributed by atoms with Gasteiger partial charge in [0.2, 0.25) is 14.7 Å². The normalized spacial score (nSPS) is 28.7. The van der Waals surface area contributed by atoms with E-state index in [1.165, 1.54) is 32.2 Å². The van der Waals surface area contributed by atoms with Crippen LogP contribution in [0.15, 0.2) is 75.4 Å².